The molecule has 2 aromatic heterocycles. The second-order valence-electron chi connectivity index (χ2n) is 6.09. The number of nitrogens with zero attached hydrogens (tertiary/aromatic N) is 3. The maximum absolute atomic E-state index is 9.39. The van der Waals surface area contributed by atoms with Crippen LogP contribution in [0, 0.1) is 12.8 Å². The first kappa shape index (κ1) is 13.6. The van der Waals surface area contributed by atoms with Gasteiger partial charge in [0.1, 0.15) is 5.65 Å². The third kappa shape index (κ3) is 2.58. The first-order chi connectivity index (χ1) is 9.67. The molecule has 0 bridgehead atoms. The molecule has 2 atom stereocenters. The number of aromatic nitrogens is 2. The minimum absolute atomic E-state index is 0.301. The lowest BCUT2D eigenvalue weighted by Gasteiger charge is -2.37. The second kappa shape index (κ2) is 5.54. The average Bonchev–Trinajstić information content (AvgIpc) is 2.84. The molecule has 2 aromatic rings. The van der Waals surface area contributed by atoms with Crippen LogP contribution in [0.3, 0.4) is 0 Å². The van der Waals surface area contributed by atoms with E-state index in [1.165, 1.54) is 17.7 Å². The zero-order valence-corrected chi connectivity index (χ0v) is 12.3. The number of likely N-dealkylation sites (tertiary alicyclic amines) is 1. The van der Waals surface area contributed by atoms with E-state index in [2.05, 4.69) is 46.5 Å². The van der Waals surface area contributed by atoms with Crippen LogP contribution in [0.25, 0.3) is 5.65 Å². The third-order valence-corrected chi connectivity index (χ3v) is 4.46. The molecule has 4 nitrogen and oxygen atoms in total. The molecule has 0 aliphatic carbocycles. The Morgan fingerprint density at radius 1 is 1.35 bits per heavy atom. The van der Waals surface area contributed by atoms with Crippen LogP contribution in [0.1, 0.15) is 31.0 Å². The Morgan fingerprint density at radius 3 is 3.00 bits per heavy atom. The largest absolute Gasteiger partial charge is 0.396 e. The van der Waals surface area contributed by atoms with Crippen molar-refractivity contribution >= 4 is 5.65 Å². The van der Waals surface area contributed by atoms with E-state index in [9.17, 15) is 5.11 Å². The molecule has 4 heteroatoms. The molecule has 3 heterocycles. The van der Waals surface area contributed by atoms with Gasteiger partial charge in [-0.3, -0.25) is 4.90 Å². The molecule has 20 heavy (non-hydrogen) atoms. The number of rotatable bonds is 3. The third-order valence-electron chi connectivity index (χ3n) is 4.46. The van der Waals surface area contributed by atoms with Crippen LogP contribution >= 0.6 is 0 Å². The standard InChI is InChI=1S/C16H23N3O/c1-12-3-6-16-17-7-15(19(16)8-12)10-18-9-14(11-20)5-4-13(18)2/h3,6-8,13-14,20H,4-5,9-11H2,1-2H3. The first-order valence-electron chi connectivity index (χ1n) is 7.45. The van der Waals surface area contributed by atoms with E-state index in [4.69, 9.17) is 0 Å². The van der Waals surface area contributed by atoms with Gasteiger partial charge in [-0.2, -0.15) is 0 Å². The van der Waals surface area contributed by atoms with Crippen molar-refractivity contribution in [1.29, 1.82) is 0 Å². The fourth-order valence-corrected chi connectivity index (χ4v) is 3.09. The topological polar surface area (TPSA) is 40.8 Å². The molecule has 1 aliphatic rings. The smallest absolute Gasteiger partial charge is 0.136 e. The first-order valence-corrected chi connectivity index (χ1v) is 7.45. The van der Waals surface area contributed by atoms with E-state index < -0.39 is 0 Å². The number of hydrogen-bond acceptors (Lipinski definition) is 3. The molecule has 108 valence electrons. The van der Waals surface area contributed by atoms with Gasteiger partial charge in [0, 0.05) is 31.9 Å². The minimum Gasteiger partial charge on any atom is -0.396 e. The SMILES string of the molecule is Cc1ccc2ncc(CN3CC(CO)CCC3C)n2c1. The van der Waals surface area contributed by atoms with Crippen molar-refractivity contribution in [2.24, 2.45) is 5.92 Å². The second-order valence-corrected chi connectivity index (χ2v) is 6.09. The van der Waals surface area contributed by atoms with Crippen LogP contribution in [0.15, 0.2) is 24.5 Å². The summed E-state index contributed by atoms with van der Waals surface area (Å²) in [5.74, 6) is 0.423. The van der Waals surface area contributed by atoms with Crippen molar-refractivity contribution in [3.63, 3.8) is 0 Å². The molecule has 0 aromatic carbocycles. The van der Waals surface area contributed by atoms with Gasteiger partial charge in [-0.15, -0.1) is 0 Å². The highest BCUT2D eigenvalue weighted by Crippen LogP contribution is 2.23. The fourth-order valence-electron chi connectivity index (χ4n) is 3.09. The van der Waals surface area contributed by atoms with Gasteiger partial charge in [-0.05, 0) is 44.2 Å². The molecule has 3 rings (SSSR count). The van der Waals surface area contributed by atoms with Crippen molar-refractivity contribution in [2.75, 3.05) is 13.2 Å². The van der Waals surface area contributed by atoms with E-state index in [1.807, 2.05) is 6.20 Å². The summed E-state index contributed by atoms with van der Waals surface area (Å²) in [7, 11) is 0. The quantitative estimate of drug-likeness (QED) is 0.932. The van der Waals surface area contributed by atoms with Crippen molar-refractivity contribution < 1.29 is 5.11 Å². The molecule has 1 N–H and O–H groups in total. The number of piperidine rings is 1. The highest BCUT2D eigenvalue weighted by molar-refractivity contribution is 5.41. The lowest BCUT2D eigenvalue weighted by atomic mass is 9.94. The Bertz CT molecular complexity index is 592. The van der Waals surface area contributed by atoms with Crippen LogP contribution in [-0.2, 0) is 6.54 Å². The predicted octanol–water partition coefficient (Wildman–Crippen LogP) is 2.24. The highest BCUT2D eigenvalue weighted by Gasteiger charge is 2.25. The van der Waals surface area contributed by atoms with Gasteiger partial charge in [0.15, 0.2) is 0 Å². The molecule has 0 spiro atoms. The number of aliphatic hydroxyl groups is 1. The Kier molecular flexibility index (Phi) is 3.76. The minimum atomic E-state index is 0.301. The Hall–Kier alpha value is -1.39. The molecule has 0 radical (unpaired) electrons. The van der Waals surface area contributed by atoms with E-state index in [1.54, 1.807) is 0 Å². The van der Waals surface area contributed by atoms with Crippen LogP contribution < -0.4 is 0 Å². The number of hydrogen-bond donors (Lipinski definition) is 1. The molecular weight excluding hydrogens is 250 g/mol. The highest BCUT2D eigenvalue weighted by atomic mass is 16.3. The van der Waals surface area contributed by atoms with Gasteiger partial charge in [-0.1, -0.05) is 6.07 Å². The molecular formula is C16H23N3O. The lowest BCUT2D eigenvalue weighted by Crippen LogP contribution is -2.42. The van der Waals surface area contributed by atoms with Crippen LogP contribution in [-0.4, -0.2) is 38.6 Å². The molecule has 1 aliphatic heterocycles. The summed E-state index contributed by atoms with van der Waals surface area (Å²) in [4.78, 5) is 6.94. The summed E-state index contributed by atoms with van der Waals surface area (Å²) in [6.45, 7) is 6.57. The van der Waals surface area contributed by atoms with E-state index in [0.717, 1.165) is 25.2 Å². The fraction of sp³-hybridized carbons (Fsp3) is 0.562. The molecule has 0 saturated carbocycles. The summed E-state index contributed by atoms with van der Waals surface area (Å²) in [6.07, 6.45) is 6.43. The van der Waals surface area contributed by atoms with Crippen molar-refractivity contribution in [3.05, 3.63) is 35.8 Å². The Balaban J connectivity index is 1.83. The number of imidazole rings is 1. The van der Waals surface area contributed by atoms with Gasteiger partial charge < -0.3 is 9.51 Å². The maximum atomic E-state index is 9.39. The Labute approximate surface area is 120 Å². The number of aliphatic hydroxyl groups excluding tert-OH is 1. The zero-order valence-electron chi connectivity index (χ0n) is 12.3. The zero-order chi connectivity index (χ0) is 14.1. The van der Waals surface area contributed by atoms with E-state index >= 15 is 0 Å². The van der Waals surface area contributed by atoms with Crippen molar-refractivity contribution in [2.45, 2.75) is 39.3 Å². The monoisotopic (exact) mass is 273 g/mol. The van der Waals surface area contributed by atoms with E-state index in [0.29, 0.717) is 18.6 Å². The average molecular weight is 273 g/mol. The van der Waals surface area contributed by atoms with E-state index in [-0.39, 0.29) is 0 Å². The Morgan fingerprint density at radius 2 is 2.20 bits per heavy atom. The normalized spacial score (nSPS) is 24.4. The molecule has 2 unspecified atom stereocenters. The lowest BCUT2D eigenvalue weighted by molar-refractivity contribution is 0.0760. The van der Waals surface area contributed by atoms with Crippen molar-refractivity contribution in [3.8, 4) is 0 Å². The van der Waals surface area contributed by atoms with Gasteiger partial charge in [0.2, 0.25) is 0 Å². The summed E-state index contributed by atoms with van der Waals surface area (Å²) >= 11 is 0. The maximum Gasteiger partial charge on any atom is 0.136 e. The van der Waals surface area contributed by atoms with Crippen LogP contribution in [0.5, 0.6) is 0 Å². The van der Waals surface area contributed by atoms with Crippen LogP contribution in [0.4, 0.5) is 0 Å². The molecule has 1 fully saturated rings. The number of aryl methyl sites for hydroxylation is 1. The molecule has 0 amide bonds. The summed E-state index contributed by atoms with van der Waals surface area (Å²) in [5.41, 5.74) is 3.49. The van der Waals surface area contributed by atoms with Gasteiger partial charge >= 0.3 is 0 Å². The summed E-state index contributed by atoms with van der Waals surface area (Å²) in [5, 5.41) is 9.39. The predicted molar refractivity (Wildman–Crippen MR) is 79.6 cm³/mol. The molecule has 1 saturated heterocycles. The van der Waals surface area contributed by atoms with Crippen molar-refractivity contribution in [1.82, 2.24) is 14.3 Å². The number of pyridine rings is 1. The van der Waals surface area contributed by atoms with Gasteiger partial charge in [0.25, 0.3) is 0 Å². The van der Waals surface area contributed by atoms with Gasteiger partial charge in [-0.25, -0.2) is 4.98 Å². The van der Waals surface area contributed by atoms with Gasteiger partial charge in [0.05, 0.1) is 11.9 Å². The van der Waals surface area contributed by atoms with Crippen LogP contribution in [0.2, 0.25) is 0 Å². The number of fused-ring (bicyclic) bond motifs is 1. The summed E-state index contributed by atoms with van der Waals surface area (Å²) in [6, 6.07) is 4.74. The summed E-state index contributed by atoms with van der Waals surface area (Å²) < 4.78 is 2.19.